The molecule has 4 heteroatoms. The van der Waals surface area contributed by atoms with Crippen LogP contribution in [-0.4, -0.2) is 16.5 Å². The Labute approximate surface area is 130 Å². The molecule has 1 aromatic rings. The molecule has 0 bridgehead atoms. The number of nitrogens with one attached hydrogen (secondary N) is 1. The molecule has 2 aliphatic rings. The predicted octanol–water partition coefficient (Wildman–Crippen LogP) is 4.76. The van der Waals surface area contributed by atoms with E-state index in [9.17, 15) is 0 Å². The van der Waals surface area contributed by atoms with Gasteiger partial charge in [0.2, 0.25) is 0 Å². The lowest BCUT2D eigenvalue weighted by atomic mass is 9.78. The lowest BCUT2D eigenvalue weighted by molar-refractivity contribution is 0.250. The summed E-state index contributed by atoms with van der Waals surface area (Å²) >= 11 is 3.78. The first-order chi connectivity index (χ1) is 9.56. The van der Waals surface area contributed by atoms with E-state index in [1.807, 2.05) is 23.1 Å². The number of hydrogen-bond donors (Lipinski definition) is 1. The van der Waals surface area contributed by atoms with E-state index in [2.05, 4.69) is 38.2 Å². The van der Waals surface area contributed by atoms with Gasteiger partial charge in [0.1, 0.15) is 0 Å². The van der Waals surface area contributed by atoms with Crippen molar-refractivity contribution in [3.05, 3.63) is 21.9 Å². The molecule has 1 unspecified atom stereocenters. The Morgan fingerprint density at radius 1 is 1.35 bits per heavy atom. The molecule has 2 heterocycles. The maximum atomic E-state index is 4.91. The average molecular weight is 309 g/mol. The molecule has 2 nitrogen and oxygen atoms in total. The predicted molar refractivity (Wildman–Crippen MR) is 90.9 cm³/mol. The van der Waals surface area contributed by atoms with Crippen LogP contribution in [0.2, 0.25) is 0 Å². The van der Waals surface area contributed by atoms with Crippen molar-refractivity contribution in [3.8, 4) is 0 Å². The van der Waals surface area contributed by atoms with Crippen molar-refractivity contribution in [2.75, 3.05) is 5.75 Å². The van der Waals surface area contributed by atoms with Gasteiger partial charge in [-0.2, -0.15) is 0 Å². The van der Waals surface area contributed by atoms with E-state index in [0.717, 1.165) is 11.1 Å². The lowest BCUT2D eigenvalue weighted by Crippen LogP contribution is -2.46. The number of amidine groups is 1. The van der Waals surface area contributed by atoms with Gasteiger partial charge in [-0.25, -0.2) is 0 Å². The summed E-state index contributed by atoms with van der Waals surface area (Å²) in [6.45, 7) is 6.74. The van der Waals surface area contributed by atoms with E-state index >= 15 is 0 Å². The summed E-state index contributed by atoms with van der Waals surface area (Å²) in [5.74, 6) is 2.11. The molecule has 3 rings (SSSR count). The average Bonchev–Trinajstić information content (AvgIpc) is 3.01. The van der Waals surface area contributed by atoms with Gasteiger partial charge >= 0.3 is 0 Å². The molecule has 1 aliphatic heterocycles. The Kier molecular flexibility index (Phi) is 4.14. The molecule has 1 aromatic heterocycles. The van der Waals surface area contributed by atoms with Gasteiger partial charge in [0.25, 0.3) is 0 Å². The summed E-state index contributed by atoms with van der Waals surface area (Å²) < 4.78 is 0. The zero-order chi connectivity index (χ0) is 14.2. The SMILES string of the molecule is Cc1ccc(C(C)N=C2NC3(CCC(C)CC3)CS2)s1. The molecule has 0 aromatic carbocycles. The zero-order valence-electron chi connectivity index (χ0n) is 12.6. The van der Waals surface area contributed by atoms with Crippen LogP contribution in [0.1, 0.15) is 55.3 Å². The fraction of sp³-hybridized carbons (Fsp3) is 0.688. The molecule has 1 aliphatic carbocycles. The van der Waals surface area contributed by atoms with Crippen LogP contribution >= 0.6 is 23.1 Å². The molecular weight excluding hydrogens is 284 g/mol. The summed E-state index contributed by atoms with van der Waals surface area (Å²) in [5.41, 5.74) is 0.348. The van der Waals surface area contributed by atoms with Crippen LogP contribution in [0.3, 0.4) is 0 Å². The van der Waals surface area contributed by atoms with Gasteiger partial charge < -0.3 is 5.32 Å². The summed E-state index contributed by atoms with van der Waals surface area (Å²) in [6.07, 6.45) is 5.35. The third kappa shape index (κ3) is 3.06. The summed E-state index contributed by atoms with van der Waals surface area (Å²) in [4.78, 5) is 7.65. The zero-order valence-corrected chi connectivity index (χ0v) is 14.2. The first-order valence-electron chi connectivity index (χ1n) is 7.61. The molecule has 1 N–H and O–H groups in total. The first-order valence-corrected chi connectivity index (χ1v) is 9.42. The van der Waals surface area contributed by atoms with E-state index in [1.165, 1.54) is 41.2 Å². The van der Waals surface area contributed by atoms with Gasteiger partial charge in [-0.1, -0.05) is 18.7 Å². The number of thioether (sulfide) groups is 1. The third-order valence-electron chi connectivity index (χ3n) is 4.57. The van der Waals surface area contributed by atoms with Gasteiger partial charge in [-0.05, 0) is 57.6 Å². The van der Waals surface area contributed by atoms with Crippen molar-refractivity contribution in [3.63, 3.8) is 0 Å². The van der Waals surface area contributed by atoms with E-state index in [1.54, 1.807) is 0 Å². The van der Waals surface area contributed by atoms with Crippen molar-refractivity contribution in [2.45, 2.75) is 58.0 Å². The summed E-state index contributed by atoms with van der Waals surface area (Å²) in [7, 11) is 0. The van der Waals surface area contributed by atoms with E-state index in [4.69, 9.17) is 4.99 Å². The number of rotatable bonds is 2. The highest BCUT2D eigenvalue weighted by Gasteiger charge is 2.39. The van der Waals surface area contributed by atoms with E-state index in [0.29, 0.717) is 5.54 Å². The Morgan fingerprint density at radius 3 is 2.75 bits per heavy atom. The van der Waals surface area contributed by atoms with Gasteiger partial charge in [0.05, 0.1) is 6.04 Å². The molecule has 2 fully saturated rings. The monoisotopic (exact) mass is 308 g/mol. The van der Waals surface area contributed by atoms with Crippen LogP contribution in [-0.2, 0) is 0 Å². The van der Waals surface area contributed by atoms with E-state index in [-0.39, 0.29) is 6.04 Å². The second kappa shape index (κ2) is 5.72. The number of aliphatic imine (C=N–C) groups is 1. The molecule has 0 radical (unpaired) electrons. The number of nitrogens with zero attached hydrogens (tertiary/aromatic N) is 1. The normalized spacial score (nSPS) is 33.5. The van der Waals surface area contributed by atoms with Crippen molar-refractivity contribution in [1.82, 2.24) is 5.32 Å². The van der Waals surface area contributed by atoms with Crippen molar-refractivity contribution in [1.29, 1.82) is 0 Å². The maximum absolute atomic E-state index is 4.91. The molecular formula is C16H24N2S2. The molecule has 1 saturated carbocycles. The molecule has 0 amide bonds. The van der Waals surface area contributed by atoms with Gasteiger partial charge in [0.15, 0.2) is 5.17 Å². The maximum Gasteiger partial charge on any atom is 0.157 e. The van der Waals surface area contributed by atoms with Crippen molar-refractivity contribution < 1.29 is 0 Å². The molecule has 20 heavy (non-hydrogen) atoms. The number of thiophene rings is 1. The highest BCUT2D eigenvalue weighted by atomic mass is 32.2. The molecule has 1 spiro atoms. The van der Waals surface area contributed by atoms with Gasteiger partial charge in [-0.3, -0.25) is 4.99 Å². The summed E-state index contributed by atoms with van der Waals surface area (Å²) in [5, 5.41) is 4.92. The van der Waals surface area contributed by atoms with Crippen molar-refractivity contribution in [2.24, 2.45) is 10.9 Å². The molecule has 110 valence electrons. The Balaban J connectivity index is 1.66. The van der Waals surface area contributed by atoms with Gasteiger partial charge in [-0.15, -0.1) is 11.3 Å². The van der Waals surface area contributed by atoms with Crippen LogP contribution in [0.25, 0.3) is 0 Å². The second-order valence-corrected chi connectivity index (χ2v) is 8.72. The Bertz CT molecular complexity index is 498. The van der Waals surface area contributed by atoms with Crippen LogP contribution in [0, 0.1) is 12.8 Å². The molecule has 1 atom stereocenters. The fourth-order valence-corrected chi connectivity index (χ4v) is 5.24. The minimum atomic E-state index is 0.279. The largest absolute Gasteiger partial charge is 0.359 e. The topological polar surface area (TPSA) is 24.4 Å². The smallest absolute Gasteiger partial charge is 0.157 e. The third-order valence-corrected chi connectivity index (χ3v) is 6.92. The highest BCUT2D eigenvalue weighted by Crippen LogP contribution is 2.39. The highest BCUT2D eigenvalue weighted by molar-refractivity contribution is 8.14. The Morgan fingerprint density at radius 2 is 2.10 bits per heavy atom. The van der Waals surface area contributed by atoms with Crippen LogP contribution < -0.4 is 5.32 Å². The number of hydrogen-bond acceptors (Lipinski definition) is 3. The second-order valence-electron chi connectivity index (χ2n) is 6.44. The quantitative estimate of drug-likeness (QED) is 0.852. The fourth-order valence-electron chi connectivity index (χ4n) is 3.08. The minimum absolute atomic E-state index is 0.279. The van der Waals surface area contributed by atoms with E-state index < -0.39 is 0 Å². The van der Waals surface area contributed by atoms with Crippen LogP contribution in [0.15, 0.2) is 17.1 Å². The number of aryl methyl sites for hydroxylation is 1. The Hall–Kier alpha value is -0.480. The minimum Gasteiger partial charge on any atom is -0.359 e. The first kappa shape index (κ1) is 14.5. The summed E-state index contributed by atoms with van der Waals surface area (Å²) in [6, 6.07) is 4.68. The standard InChI is InChI=1S/C16H24N2S2/c1-11-6-8-16(9-7-11)10-19-15(18-16)17-13(3)14-5-4-12(2)20-14/h4-5,11,13H,6-10H2,1-3H3,(H,17,18). The lowest BCUT2D eigenvalue weighted by Gasteiger charge is -2.35. The van der Waals surface area contributed by atoms with Crippen molar-refractivity contribution >= 4 is 28.3 Å². The molecule has 1 saturated heterocycles. The van der Waals surface area contributed by atoms with Gasteiger partial charge in [0, 0.05) is 21.0 Å². The van der Waals surface area contributed by atoms with Crippen LogP contribution in [0.4, 0.5) is 0 Å². The van der Waals surface area contributed by atoms with Crippen LogP contribution in [0.5, 0.6) is 0 Å².